The van der Waals surface area contributed by atoms with Gasteiger partial charge in [0, 0.05) is 5.02 Å². The first kappa shape index (κ1) is 11.0. The summed E-state index contributed by atoms with van der Waals surface area (Å²) in [5, 5.41) is 0.705. The van der Waals surface area contributed by atoms with Crippen molar-refractivity contribution in [1.82, 2.24) is 0 Å². The minimum Gasteiger partial charge on any atom is -0.497 e. The lowest BCUT2D eigenvalue weighted by atomic mass is 10.0. The fourth-order valence-electron chi connectivity index (χ4n) is 1.63. The van der Waals surface area contributed by atoms with Gasteiger partial charge in [-0.3, -0.25) is 0 Å². The molecular weight excluding hydrogens is 220 g/mol. The molecule has 2 rings (SSSR count). The Morgan fingerprint density at radius 3 is 2.62 bits per heavy atom. The molecule has 1 nitrogen and oxygen atoms in total. The first-order valence-corrected chi connectivity index (χ1v) is 5.34. The smallest absolute Gasteiger partial charge is 0.119 e. The first-order valence-electron chi connectivity index (χ1n) is 4.96. The van der Waals surface area contributed by atoms with Crippen molar-refractivity contribution in [3.05, 3.63) is 60.0 Å². The molecule has 0 aromatic heterocycles. The Morgan fingerprint density at radius 1 is 1.12 bits per heavy atom. The van der Waals surface area contributed by atoms with E-state index in [1.807, 2.05) is 42.5 Å². The van der Waals surface area contributed by atoms with Crippen LogP contribution in [0.25, 0.3) is 11.1 Å². The van der Waals surface area contributed by atoms with Crippen LogP contribution in [0.4, 0.5) is 0 Å². The molecule has 0 aliphatic heterocycles. The van der Waals surface area contributed by atoms with E-state index in [1.165, 1.54) is 0 Å². The number of halogens is 1. The van der Waals surface area contributed by atoms with Crippen molar-refractivity contribution in [3.8, 4) is 16.9 Å². The van der Waals surface area contributed by atoms with Crippen molar-refractivity contribution in [2.45, 2.75) is 0 Å². The van der Waals surface area contributed by atoms with Crippen molar-refractivity contribution in [1.29, 1.82) is 0 Å². The van der Waals surface area contributed by atoms with Gasteiger partial charge in [0.1, 0.15) is 5.75 Å². The van der Waals surface area contributed by atoms with Crippen LogP contribution < -0.4 is 4.74 Å². The summed E-state index contributed by atoms with van der Waals surface area (Å²) in [7, 11) is 1.66. The van der Waals surface area contributed by atoms with Crippen molar-refractivity contribution in [2.24, 2.45) is 0 Å². The predicted molar refractivity (Wildman–Crippen MR) is 67.9 cm³/mol. The highest BCUT2D eigenvalue weighted by molar-refractivity contribution is 6.30. The molecule has 0 amide bonds. The molecule has 0 N–H and O–H groups in total. The zero-order chi connectivity index (χ0) is 11.5. The Bertz CT molecular complexity index is 506. The number of rotatable bonds is 2. The molecule has 0 saturated heterocycles. The normalized spacial score (nSPS) is 10.2. The maximum absolute atomic E-state index is 5.90. The number of hydrogen-bond donors (Lipinski definition) is 0. The third-order valence-electron chi connectivity index (χ3n) is 2.45. The number of benzene rings is 2. The van der Waals surface area contributed by atoms with E-state index in [1.54, 1.807) is 7.11 Å². The Morgan fingerprint density at radius 2 is 1.94 bits per heavy atom. The molecule has 2 heteroatoms. The topological polar surface area (TPSA) is 9.23 Å². The van der Waals surface area contributed by atoms with Crippen molar-refractivity contribution >= 4 is 11.6 Å². The van der Waals surface area contributed by atoms with Gasteiger partial charge in [0.05, 0.1) is 7.11 Å². The highest BCUT2D eigenvalue weighted by atomic mass is 35.5. The maximum atomic E-state index is 5.90. The molecule has 0 unspecified atom stereocenters. The van der Waals surface area contributed by atoms with Crippen LogP contribution in [0, 0.1) is 6.92 Å². The molecule has 0 bridgehead atoms. The van der Waals surface area contributed by atoms with Crippen LogP contribution in [-0.4, -0.2) is 7.11 Å². The Hall–Kier alpha value is -1.47. The molecule has 1 radical (unpaired) electrons. The van der Waals surface area contributed by atoms with Crippen LogP contribution in [0.3, 0.4) is 0 Å². The molecule has 0 aliphatic carbocycles. The second kappa shape index (κ2) is 4.58. The highest BCUT2D eigenvalue weighted by Crippen LogP contribution is 2.28. The molecule has 0 atom stereocenters. The lowest BCUT2D eigenvalue weighted by Crippen LogP contribution is -1.86. The summed E-state index contributed by atoms with van der Waals surface area (Å²) in [5.41, 5.74) is 3.07. The quantitative estimate of drug-likeness (QED) is 0.753. The lowest BCUT2D eigenvalue weighted by molar-refractivity contribution is 0.415. The monoisotopic (exact) mass is 231 g/mol. The average molecular weight is 232 g/mol. The predicted octanol–water partition coefficient (Wildman–Crippen LogP) is 4.20. The van der Waals surface area contributed by atoms with Crippen LogP contribution in [-0.2, 0) is 0 Å². The second-order valence-corrected chi connectivity index (χ2v) is 3.97. The van der Waals surface area contributed by atoms with E-state index in [2.05, 4.69) is 6.92 Å². The molecule has 0 spiro atoms. The summed E-state index contributed by atoms with van der Waals surface area (Å²) in [4.78, 5) is 0. The molecule has 81 valence electrons. The fraction of sp³-hybridized carbons (Fsp3) is 0.0714. The Balaban J connectivity index is 2.49. The van der Waals surface area contributed by atoms with E-state index in [9.17, 15) is 0 Å². The average Bonchev–Trinajstić information content (AvgIpc) is 2.29. The van der Waals surface area contributed by atoms with E-state index >= 15 is 0 Å². The zero-order valence-corrected chi connectivity index (χ0v) is 9.79. The summed E-state index contributed by atoms with van der Waals surface area (Å²) >= 11 is 5.90. The van der Waals surface area contributed by atoms with E-state index in [4.69, 9.17) is 16.3 Å². The minimum absolute atomic E-state index is 0.705. The number of ether oxygens (including phenoxy) is 1. The SMILES string of the molecule is [CH2]c1cc(Cl)ccc1-c1cccc(OC)c1. The fourth-order valence-corrected chi connectivity index (χ4v) is 1.83. The van der Waals surface area contributed by atoms with E-state index < -0.39 is 0 Å². The molecule has 0 saturated carbocycles. The molecule has 2 aromatic rings. The van der Waals surface area contributed by atoms with Gasteiger partial charge >= 0.3 is 0 Å². The van der Waals surface area contributed by atoms with Crippen molar-refractivity contribution in [3.63, 3.8) is 0 Å². The summed E-state index contributed by atoms with van der Waals surface area (Å²) in [6.07, 6.45) is 0. The summed E-state index contributed by atoms with van der Waals surface area (Å²) in [5.74, 6) is 0.840. The van der Waals surface area contributed by atoms with Gasteiger partial charge in [-0.2, -0.15) is 0 Å². The molecule has 2 aromatic carbocycles. The Kier molecular flexibility index (Phi) is 3.16. The molecule has 16 heavy (non-hydrogen) atoms. The maximum Gasteiger partial charge on any atom is 0.119 e. The van der Waals surface area contributed by atoms with Gasteiger partial charge in [-0.05, 0) is 47.9 Å². The first-order chi connectivity index (χ1) is 7.70. The zero-order valence-electron chi connectivity index (χ0n) is 9.03. The van der Waals surface area contributed by atoms with Crippen molar-refractivity contribution in [2.75, 3.05) is 7.11 Å². The van der Waals surface area contributed by atoms with Crippen LogP contribution in [0.5, 0.6) is 5.75 Å². The van der Waals surface area contributed by atoms with E-state index in [-0.39, 0.29) is 0 Å². The highest BCUT2D eigenvalue weighted by Gasteiger charge is 2.03. The van der Waals surface area contributed by atoms with E-state index in [0.29, 0.717) is 5.02 Å². The van der Waals surface area contributed by atoms with Crippen LogP contribution in [0.15, 0.2) is 42.5 Å². The van der Waals surface area contributed by atoms with Crippen molar-refractivity contribution < 1.29 is 4.74 Å². The lowest BCUT2D eigenvalue weighted by Gasteiger charge is -2.08. The summed E-state index contributed by atoms with van der Waals surface area (Å²) in [6, 6.07) is 13.6. The van der Waals surface area contributed by atoms with Crippen LogP contribution in [0.1, 0.15) is 5.56 Å². The Labute approximate surface area is 101 Å². The van der Waals surface area contributed by atoms with E-state index in [0.717, 1.165) is 22.4 Å². The molecule has 0 fully saturated rings. The van der Waals surface area contributed by atoms with Crippen LogP contribution in [0.2, 0.25) is 5.02 Å². The minimum atomic E-state index is 0.705. The molecular formula is C14H12ClO. The van der Waals surface area contributed by atoms with Gasteiger partial charge in [0.25, 0.3) is 0 Å². The van der Waals surface area contributed by atoms with Gasteiger partial charge in [-0.1, -0.05) is 29.8 Å². The third-order valence-corrected chi connectivity index (χ3v) is 2.68. The van der Waals surface area contributed by atoms with Gasteiger partial charge in [-0.15, -0.1) is 0 Å². The standard InChI is InChI=1S/C14H12ClO/c1-10-8-12(15)6-7-14(10)11-4-3-5-13(9-11)16-2/h3-9H,1H2,2H3. The van der Waals surface area contributed by atoms with Crippen LogP contribution >= 0.6 is 11.6 Å². The largest absolute Gasteiger partial charge is 0.497 e. The molecule has 0 heterocycles. The molecule has 0 aliphatic rings. The van der Waals surface area contributed by atoms with Gasteiger partial charge in [0.2, 0.25) is 0 Å². The summed E-state index contributed by atoms with van der Waals surface area (Å²) in [6.45, 7) is 3.99. The number of methoxy groups -OCH3 is 1. The number of hydrogen-bond acceptors (Lipinski definition) is 1. The van der Waals surface area contributed by atoms with Gasteiger partial charge in [-0.25, -0.2) is 0 Å². The van der Waals surface area contributed by atoms with Gasteiger partial charge in [0.15, 0.2) is 0 Å². The third kappa shape index (κ3) is 2.20. The summed E-state index contributed by atoms with van der Waals surface area (Å²) < 4.78 is 5.19. The second-order valence-electron chi connectivity index (χ2n) is 3.53. The van der Waals surface area contributed by atoms with Gasteiger partial charge < -0.3 is 4.74 Å².